The third kappa shape index (κ3) is 13.8. The van der Waals surface area contributed by atoms with Crippen molar-refractivity contribution in [1.82, 2.24) is 0 Å². The molecule has 434 valence electrons. The molecule has 0 spiro atoms. The van der Waals surface area contributed by atoms with Crippen LogP contribution in [0.3, 0.4) is 0 Å². The summed E-state index contributed by atoms with van der Waals surface area (Å²) in [6, 6.07) is 99.5. The van der Waals surface area contributed by atoms with Gasteiger partial charge in [-0.05, 0) is 260 Å². The van der Waals surface area contributed by atoms with E-state index in [4.69, 9.17) is 0 Å². The monoisotopic (exact) mass is 1140 g/mol. The number of aryl methyl sites for hydroxylation is 12. The molecule has 15 aromatic carbocycles. The minimum absolute atomic E-state index is 1.30. The summed E-state index contributed by atoms with van der Waals surface area (Å²) in [5, 5.41) is 18.9. The molecule has 0 heterocycles. The third-order valence-corrected chi connectivity index (χ3v) is 17.5. The minimum Gasteiger partial charge on any atom is -0.0620 e. The van der Waals surface area contributed by atoms with E-state index in [2.05, 4.69) is 362 Å². The summed E-state index contributed by atoms with van der Waals surface area (Å²) in [6.07, 6.45) is 0. The predicted octanol–water partition coefficient (Wildman–Crippen LogP) is 25.2. The molecule has 0 saturated carbocycles. The topological polar surface area (TPSA) is 0 Å². The van der Waals surface area contributed by atoms with Crippen LogP contribution < -0.4 is 0 Å². The zero-order valence-electron chi connectivity index (χ0n) is 53.6. The second-order valence-corrected chi connectivity index (χ2v) is 23.8. The van der Waals surface area contributed by atoms with Crippen molar-refractivity contribution in [3.8, 4) is 22.3 Å². The maximum Gasteiger partial charge on any atom is -0.00672 e. The highest BCUT2D eigenvalue weighted by molar-refractivity contribution is 6.11. The standard InChI is InChI=1S/C22H18.2C16H14.C14H14.C12H12.C8H10/c1-15-11-13-17-7-3-5-9-19(17)21(15)22-16(2)12-14-18-8-4-6-10-20(18)22;1-11-5-3-7-13-9-14-8-4-6-12(2)16(14)10-15(11)13;1-11-5-3-7-13-9-10-14-8-4-6-12(2)16(14)15(11)13;1-11-7-3-5-9-13(11)14-10-6-4-8-12(14)2;1-9-5-3-7-11-8-4-6-10(2)12(9)11;1-7-5-3-4-6-8(7)2/h3-14H,1-2H3;2*3-10H,1-2H3;3-10H,1-2H3;3-8H,1-2H3;3-6H,1-2H3. The molecule has 0 heteroatoms. The van der Waals surface area contributed by atoms with E-state index in [1.807, 2.05) is 0 Å². The molecule has 0 saturated heterocycles. The van der Waals surface area contributed by atoms with Gasteiger partial charge >= 0.3 is 0 Å². The highest BCUT2D eigenvalue weighted by Gasteiger charge is 2.13. The molecule has 0 fully saturated rings. The molecule has 0 aliphatic heterocycles. The Morgan fingerprint density at radius 3 is 0.784 bits per heavy atom. The lowest BCUT2D eigenvalue weighted by Crippen LogP contribution is -1.91. The quantitative estimate of drug-likeness (QED) is 0.120. The van der Waals surface area contributed by atoms with E-state index in [0.29, 0.717) is 0 Å². The maximum absolute atomic E-state index is 2.31. The Morgan fingerprint density at radius 1 is 0.148 bits per heavy atom. The van der Waals surface area contributed by atoms with E-state index >= 15 is 0 Å². The highest BCUT2D eigenvalue weighted by atomic mass is 14.2. The second kappa shape index (κ2) is 28.1. The van der Waals surface area contributed by atoms with Crippen LogP contribution in [-0.2, 0) is 0 Å². The Morgan fingerprint density at radius 2 is 0.420 bits per heavy atom. The molecular formula is C88H82. The van der Waals surface area contributed by atoms with Crippen LogP contribution in [0.25, 0.3) is 97.7 Å². The van der Waals surface area contributed by atoms with Crippen molar-refractivity contribution in [3.05, 3.63) is 346 Å². The molecule has 0 radical (unpaired) electrons. The Labute approximate surface area is 523 Å². The molecule has 0 atom stereocenters. The van der Waals surface area contributed by atoms with Crippen molar-refractivity contribution in [2.75, 3.05) is 0 Å². The summed E-state index contributed by atoms with van der Waals surface area (Å²) in [4.78, 5) is 0. The zero-order valence-corrected chi connectivity index (χ0v) is 53.6. The summed E-state index contributed by atoms with van der Waals surface area (Å²) in [5.41, 5.74) is 21.6. The Kier molecular flexibility index (Phi) is 19.5. The van der Waals surface area contributed by atoms with Gasteiger partial charge in [0.05, 0.1) is 0 Å². The SMILES string of the molecule is Cc1ccc2ccccc2c1-c1c(C)ccc2ccccc12.Cc1cccc2cc3cccc(C)c3cc12.Cc1cccc2ccc3cccc(C)c3c12.Cc1cccc2cccc(C)c12.Cc1ccccc1-c1ccccc1C.Cc1ccccc1C. The van der Waals surface area contributed by atoms with Gasteiger partial charge in [0.15, 0.2) is 0 Å². The van der Waals surface area contributed by atoms with E-state index in [1.165, 1.54) is 164 Å². The van der Waals surface area contributed by atoms with Crippen LogP contribution in [0.4, 0.5) is 0 Å². The van der Waals surface area contributed by atoms with E-state index in [1.54, 1.807) is 0 Å². The molecule has 15 aromatic rings. The fourth-order valence-electron chi connectivity index (χ4n) is 12.5. The van der Waals surface area contributed by atoms with Gasteiger partial charge in [-0.2, -0.15) is 0 Å². The van der Waals surface area contributed by atoms with Crippen LogP contribution in [-0.4, -0.2) is 0 Å². The van der Waals surface area contributed by atoms with Gasteiger partial charge in [-0.25, -0.2) is 0 Å². The Bertz CT molecular complexity index is 4630. The van der Waals surface area contributed by atoms with Crippen molar-refractivity contribution in [3.63, 3.8) is 0 Å². The molecule has 0 aromatic heterocycles. The molecule has 0 unspecified atom stereocenters. The van der Waals surface area contributed by atoms with Gasteiger partial charge in [-0.15, -0.1) is 0 Å². The van der Waals surface area contributed by atoms with Crippen LogP contribution in [0.2, 0.25) is 0 Å². The van der Waals surface area contributed by atoms with Crippen LogP contribution in [0.1, 0.15) is 66.8 Å². The van der Waals surface area contributed by atoms with E-state index in [-0.39, 0.29) is 0 Å². The smallest absolute Gasteiger partial charge is 0.00672 e. The summed E-state index contributed by atoms with van der Waals surface area (Å²) < 4.78 is 0. The van der Waals surface area contributed by atoms with Crippen molar-refractivity contribution < 1.29 is 0 Å². The molecular weight excluding hydrogens is 1060 g/mol. The summed E-state index contributed by atoms with van der Waals surface area (Å²) in [5.74, 6) is 0. The first kappa shape index (κ1) is 61.2. The van der Waals surface area contributed by atoms with Gasteiger partial charge in [0, 0.05) is 0 Å². The van der Waals surface area contributed by atoms with Crippen LogP contribution in [0.5, 0.6) is 0 Å². The first-order valence-corrected chi connectivity index (χ1v) is 31.0. The average Bonchev–Trinajstić information content (AvgIpc) is 1.77. The number of fused-ring (bicyclic) bond motifs is 8. The lowest BCUT2D eigenvalue weighted by atomic mass is 9.88. The third-order valence-electron chi connectivity index (χ3n) is 17.5. The summed E-state index contributed by atoms with van der Waals surface area (Å²) >= 11 is 0. The van der Waals surface area contributed by atoms with Crippen LogP contribution in [0, 0.1) is 83.1 Å². The second-order valence-electron chi connectivity index (χ2n) is 23.8. The van der Waals surface area contributed by atoms with Gasteiger partial charge in [0.25, 0.3) is 0 Å². The number of benzene rings is 15. The first-order chi connectivity index (χ1) is 42.7. The summed E-state index contributed by atoms with van der Waals surface area (Å²) in [6.45, 7) is 26.0. The molecule has 0 bridgehead atoms. The van der Waals surface area contributed by atoms with Crippen LogP contribution in [0.15, 0.2) is 279 Å². The number of hydrogen-bond donors (Lipinski definition) is 0. The average molecular weight is 1140 g/mol. The van der Waals surface area contributed by atoms with Gasteiger partial charge in [-0.3, -0.25) is 0 Å². The van der Waals surface area contributed by atoms with Gasteiger partial charge in [0.2, 0.25) is 0 Å². The molecule has 0 amide bonds. The van der Waals surface area contributed by atoms with Gasteiger partial charge < -0.3 is 0 Å². The Hall–Kier alpha value is -9.88. The van der Waals surface area contributed by atoms with E-state index < -0.39 is 0 Å². The predicted molar refractivity (Wildman–Crippen MR) is 389 cm³/mol. The van der Waals surface area contributed by atoms with E-state index in [0.717, 1.165) is 0 Å². The van der Waals surface area contributed by atoms with Crippen LogP contribution >= 0.6 is 0 Å². The van der Waals surface area contributed by atoms with Crippen molar-refractivity contribution in [1.29, 1.82) is 0 Å². The fourth-order valence-corrected chi connectivity index (χ4v) is 12.5. The summed E-state index contributed by atoms with van der Waals surface area (Å²) in [7, 11) is 0. The number of rotatable bonds is 2. The van der Waals surface area contributed by atoms with Gasteiger partial charge in [0.1, 0.15) is 0 Å². The Balaban J connectivity index is 0.000000119. The first-order valence-electron chi connectivity index (χ1n) is 31.0. The molecule has 0 aliphatic carbocycles. The molecule has 0 aliphatic rings. The largest absolute Gasteiger partial charge is 0.0620 e. The highest BCUT2D eigenvalue weighted by Crippen LogP contribution is 2.39. The zero-order chi connectivity index (χ0) is 61.8. The normalized spacial score (nSPS) is 10.7. The van der Waals surface area contributed by atoms with E-state index in [9.17, 15) is 0 Å². The molecule has 0 N–H and O–H groups in total. The number of hydrogen-bond acceptors (Lipinski definition) is 0. The van der Waals surface area contributed by atoms with Gasteiger partial charge in [-0.1, -0.05) is 267 Å². The fraction of sp³-hybridized carbons (Fsp3) is 0.136. The van der Waals surface area contributed by atoms with Crippen molar-refractivity contribution in [2.45, 2.75) is 83.1 Å². The molecule has 15 rings (SSSR count). The lowest BCUT2D eigenvalue weighted by molar-refractivity contribution is 1.34. The van der Waals surface area contributed by atoms with Crippen molar-refractivity contribution >= 4 is 75.4 Å². The lowest BCUT2D eigenvalue weighted by Gasteiger charge is -2.16. The minimum atomic E-state index is 1.30. The maximum atomic E-state index is 2.31. The molecule has 88 heavy (non-hydrogen) atoms. The van der Waals surface area contributed by atoms with Crippen molar-refractivity contribution in [2.24, 2.45) is 0 Å². The molecule has 0 nitrogen and oxygen atoms in total.